The topological polar surface area (TPSA) is 61.4 Å². The molecule has 0 heterocycles. The van der Waals surface area contributed by atoms with Crippen molar-refractivity contribution in [3.8, 4) is 0 Å². The molecule has 0 saturated carbocycles. The van der Waals surface area contributed by atoms with Crippen molar-refractivity contribution in [1.29, 1.82) is 0 Å². The first-order chi connectivity index (χ1) is 8.96. The van der Waals surface area contributed by atoms with Crippen LogP contribution >= 0.6 is 0 Å². The Balaban J connectivity index is 2.77. The quantitative estimate of drug-likeness (QED) is 0.765. The van der Waals surface area contributed by atoms with Crippen molar-refractivity contribution in [3.05, 3.63) is 29.3 Å². The molecule has 1 aromatic rings. The highest BCUT2D eigenvalue weighted by molar-refractivity contribution is 5.90. The molecule has 3 N–H and O–H groups in total. The van der Waals surface area contributed by atoms with Gasteiger partial charge in [-0.3, -0.25) is 0 Å². The van der Waals surface area contributed by atoms with Gasteiger partial charge in [-0.05, 0) is 43.9 Å². The van der Waals surface area contributed by atoms with E-state index < -0.39 is 5.54 Å². The van der Waals surface area contributed by atoms with Gasteiger partial charge in [-0.2, -0.15) is 0 Å². The van der Waals surface area contributed by atoms with Crippen LogP contribution in [0.4, 0.5) is 10.5 Å². The van der Waals surface area contributed by atoms with E-state index in [0.717, 1.165) is 16.8 Å². The SMILES string of the molecule is CCC(CC)(CO)NC(=O)Nc1cc(C)ccc1C. The Labute approximate surface area is 115 Å². The lowest BCUT2D eigenvalue weighted by Gasteiger charge is -2.30. The zero-order chi connectivity index (χ0) is 14.5. The normalized spacial score (nSPS) is 11.2. The third kappa shape index (κ3) is 3.96. The second-order valence-electron chi connectivity index (χ2n) is 5.04. The molecule has 4 nitrogen and oxygen atoms in total. The number of carbonyl (C=O) groups is 1. The number of anilines is 1. The number of aliphatic hydroxyl groups is 1. The fourth-order valence-corrected chi connectivity index (χ4v) is 1.95. The molecule has 0 fully saturated rings. The minimum absolute atomic E-state index is 0.0553. The van der Waals surface area contributed by atoms with Crippen LogP contribution in [0.3, 0.4) is 0 Å². The number of hydrogen-bond donors (Lipinski definition) is 3. The van der Waals surface area contributed by atoms with Gasteiger partial charge in [0, 0.05) is 5.69 Å². The van der Waals surface area contributed by atoms with Gasteiger partial charge in [0.1, 0.15) is 0 Å². The molecule has 0 spiro atoms. The van der Waals surface area contributed by atoms with E-state index in [9.17, 15) is 9.90 Å². The zero-order valence-electron chi connectivity index (χ0n) is 12.2. The zero-order valence-corrected chi connectivity index (χ0v) is 12.2. The number of aryl methyl sites for hydroxylation is 2. The van der Waals surface area contributed by atoms with Crippen molar-refractivity contribution in [3.63, 3.8) is 0 Å². The Morgan fingerprint density at radius 2 is 1.89 bits per heavy atom. The average Bonchev–Trinajstić information content (AvgIpc) is 2.40. The number of amides is 2. The number of urea groups is 1. The number of nitrogens with one attached hydrogen (secondary N) is 2. The van der Waals surface area contributed by atoms with E-state index in [1.54, 1.807) is 0 Å². The van der Waals surface area contributed by atoms with Crippen LogP contribution in [0, 0.1) is 13.8 Å². The predicted molar refractivity (Wildman–Crippen MR) is 78.5 cm³/mol. The molecule has 4 heteroatoms. The van der Waals surface area contributed by atoms with Gasteiger partial charge in [0.05, 0.1) is 12.1 Å². The first-order valence-corrected chi connectivity index (χ1v) is 6.73. The van der Waals surface area contributed by atoms with Crippen molar-refractivity contribution in [1.82, 2.24) is 5.32 Å². The van der Waals surface area contributed by atoms with Crippen molar-refractivity contribution >= 4 is 11.7 Å². The molecule has 1 aromatic carbocycles. The third-order valence-corrected chi connectivity index (χ3v) is 3.68. The lowest BCUT2D eigenvalue weighted by atomic mass is 9.94. The van der Waals surface area contributed by atoms with Crippen LogP contribution in [0.25, 0.3) is 0 Å². The van der Waals surface area contributed by atoms with Crippen LogP contribution in [0.15, 0.2) is 18.2 Å². The summed E-state index contributed by atoms with van der Waals surface area (Å²) in [5.74, 6) is 0. The van der Waals surface area contributed by atoms with Gasteiger partial charge in [-0.1, -0.05) is 26.0 Å². The van der Waals surface area contributed by atoms with E-state index in [1.807, 2.05) is 45.9 Å². The van der Waals surface area contributed by atoms with Crippen molar-refractivity contribution in [2.24, 2.45) is 0 Å². The minimum Gasteiger partial charge on any atom is -0.394 e. The molecule has 19 heavy (non-hydrogen) atoms. The maximum absolute atomic E-state index is 12.0. The average molecular weight is 264 g/mol. The van der Waals surface area contributed by atoms with Crippen LogP contribution < -0.4 is 10.6 Å². The summed E-state index contributed by atoms with van der Waals surface area (Å²) < 4.78 is 0. The number of aliphatic hydroxyl groups excluding tert-OH is 1. The van der Waals surface area contributed by atoms with Crippen LogP contribution in [-0.4, -0.2) is 23.3 Å². The van der Waals surface area contributed by atoms with Gasteiger partial charge in [0.2, 0.25) is 0 Å². The van der Waals surface area contributed by atoms with Gasteiger partial charge in [0.25, 0.3) is 0 Å². The van der Waals surface area contributed by atoms with E-state index >= 15 is 0 Å². The largest absolute Gasteiger partial charge is 0.394 e. The lowest BCUT2D eigenvalue weighted by Crippen LogP contribution is -2.52. The molecule has 106 valence electrons. The standard InChI is InChI=1S/C15H24N2O2/c1-5-15(6-2,10-18)17-14(19)16-13-9-11(3)7-8-12(13)4/h7-9,18H,5-6,10H2,1-4H3,(H2,16,17,19). The Kier molecular flexibility index (Phi) is 5.36. The molecule has 0 aromatic heterocycles. The number of carbonyl (C=O) groups excluding carboxylic acids is 1. The highest BCUT2D eigenvalue weighted by Crippen LogP contribution is 2.18. The number of benzene rings is 1. The molecule has 0 saturated heterocycles. The summed E-state index contributed by atoms with van der Waals surface area (Å²) in [6, 6.07) is 5.65. The van der Waals surface area contributed by atoms with E-state index in [-0.39, 0.29) is 12.6 Å². The minimum atomic E-state index is -0.540. The molecule has 0 unspecified atom stereocenters. The highest BCUT2D eigenvalue weighted by atomic mass is 16.3. The van der Waals surface area contributed by atoms with E-state index in [1.165, 1.54) is 0 Å². The van der Waals surface area contributed by atoms with E-state index in [4.69, 9.17) is 0 Å². The molecule has 0 aliphatic rings. The number of hydrogen-bond acceptors (Lipinski definition) is 2. The molecular weight excluding hydrogens is 240 g/mol. The molecule has 2 amide bonds. The van der Waals surface area contributed by atoms with Gasteiger partial charge in [-0.15, -0.1) is 0 Å². The number of rotatable bonds is 5. The van der Waals surface area contributed by atoms with Crippen LogP contribution in [0.1, 0.15) is 37.8 Å². The fourth-order valence-electron chi connectivity index (χ4n) is 1.95. The summed E-state index contributed by atoms with van der Waals surface area (Å²) in [5.41, 5.74) is 2.38. The van der Waals surface area contributed by atoms with Gasteiger partial charge < -0.3 is 15.7 Å². The first kappa shape index (κ1) is 15.5. The molecule has 0 aliphatic carbocycles. The Morgan fingerprint density at radius 1 is 1.26 bits per heavy atom. The second-order valence-corrected chi connectivity index (χ2v) is 5.04. The summed E-state index contributed by atoms with van der Waals surface area (Å²) in [6.45, 7) is 7.79. The van der Waals surface area contributed by atoms with Crippen LogP contribution in [-0.2, 0) is 0 Å². The summed E-state index contributed by atoms with van der Waals surface area (Å²) in [5, 5.41) is 15.2. The highest BCUT2D eigenvalue weighted by Gasteiger charge is 2.27. The van der Waals surface area contributed by atoms with E-state index in [2.05, 4.69) is 10.6 Å². The summed E-state index contributed by atoms with van der Waals surface area (Å²) in [4.78, 5) is 12.0. The summed E-state index contributed by atoms with van der Waals surface area (Å²) in [7, 11) is 0. The monoisotopic (exact) mass is 264 g/mol. The van der Waals surface area contributed by atoms with Gasteiger partial charge in [0.15, 0.2) is 0 Å². The first-order valence-electron chi connectivity index (χ1n) is 6.73. The van der Waals surface area contributed by atoms with Crippen LogP contribution in [0.5, 0.6) is 0 Å². The van der Waals surface area contributed by atoms with Gasteiger partial charge >= 0.3 is 6.03 Å². The Hall–Kier alpha value is -1.55. The van der Waals surface area contributed by atoms with Crippen molar-refractivity contribution < 1.29 is 9.90 Å². The Morgan fingerprint density at radius 3 is 2.42 bits per heavy atom. The van der Waals surface area contributed by atoms with E-state index in [0.29, 0.717) is 12.8 Å². The predicted octanol–water partition coefficient (Wildman–Crippen LogP) is 2.98. The van der Waals surface area contributed by atoms with Crippen molar-refractivity contribution in [2.45, 2.75) is 46.1 Å². The smallest absolute Gasteiger partial charge is 0.319 e. The van der Waals surface area contributed by atoms with Crippen molar-refractivity contribution in [2.75, 3.05) is 11.9 Å². The maximum atomic E-state index is 12.0. The molecule has 0 bridgehead atoms. The second kappa shape index (κ2) is 6.57. The Bertz CT molecular complexity index is 432. The van der Waals surface area contributed by atoms with Gasteiger partial charge in [-0.25, -0.2) is 4.79 Å². The fraction of sp³-hybridized carbons (Fsp3) is 0.533. The molecular formula is C15H24N2O2. The molecule has 0 aliphatic heterocycles. The molecule has 1 rings (SSSR count). The van der Waals surface area contributed by atoms with Crippen LogP contribution in [0.2, 0.25) is 0 Å². The summed E-state index contributed by atoms with van der Waals surface area (Å²) in [6.07, 6.45) is 1.39. The maximum Gasteiger partial charge on any atom is 0.319 e. The molecule has 0 radical (unpaired) electrons. The third-order valence-electron chi connectivity index (χ3n) is 3.68. The summed E-state index contributed by atoms with van der Waals surface area (Å²) >= 11 is 0. The molecule has 0 atom stereocenters. The lowest BCUT2D eigenvalue weighted by molar-refractivity contribution is 0.155.